The van der Waals surface area contributed by atoms with Crippen molar-refractivity contribution in [3.05, 3.63) is 33.3 Å². The second-order valence-corrected chi connectivity index (χ2v) is 6.86. The molecule has 0 aliphatic rings. The molecule has 1 amide bonds. The van der Waals surface area contributed by atoms with E-state index < -0.39 is 24.3 Å². The monoisotopic (exact) mass is 365 g/mol. The summed E-state index contributed by atoms with van der Waals surface area (Å²) < 4.78 is 14.1. The number of hydrogen-bond acceptors (Lipinski definition) is 1. The molecule has 1 rings (SSSR count). The Morgan fingerprint density at radius 1 is 1.50 bits per heavy atom. The third-order valence-electron chi connectivity index (χ3n) is 2.94. The van der Waals surface area contributed by atoms with E-state index in [9.17, 15) is 14.3 Å². The van der Waals surface area contributed by atoms with E-state index in [0.717, 1.165) is 14.9 Å². The third-order valence-corrected chi connectivity index (χ3v) is 3.92. The molecule has 0 heterocycles. The highest BCUT2D eigenvalue weighted by atomic mass is 79.9. The molecule has 0 bridgehead atoms. The van der Waals surface area contributed by atoms with E-state index >= 15 is 0 Å². The Bertz CT molecular complexity index is 491. The number of hydrogen-bond donors (Lipinski definition) is 1. The SMILES string of the molecule is CC(C)(C)N(C(=O)O)C(CF)Cc1ccc(Cl)cc1Br. The zero-order valence-electron chi connectivity index (χ0n) is 11.7. The summed E-state index contributed by atoms with van der Waals surface area (Å²) in [6, 6.07) is 4.47. The maximum absolute atomic E-state index is 13.3. The zero-order chi connectivity index (χ0) is 15.5. The Kier molecular flexibility index (Phi) is 5.83. The first-order valence-corrected chi connectivity index (χ1v) is 7.36. The van der Waals surface area contributed by atoms with Gasteiger partial charge in [-0.1, -0.05) is 33.6 Å². The van der Waals surface area contributed by atoms with E-state index in [-0.39, 0.29) is 6.42 Å². The molecule has 112 valence electrons. The van der Waals surface area contributed by atoms with Gasteiger partial charge in [0.25, 0.3) is 0 Å². The highest BCUT2D eigenvalue weighted by Gasteiger charge is 2.33. The fourth-order valence-electron chi connectivity index (χ4n) is 2.15. The van der Waals surface area contributed by atoms with E-state index in [1.807, 2.05) is 0 Å². The summed E-state index contributed by atoms with van der Waals surface area (Å²) >= 11 is 9.23. The van der Waals surface area contributed by atoms with Gasteiger partial charge in [0.05, 0.1) is 6.04 Å². The van der Waals surface area contributed by atoms with Crippen LogP contribution in [0.15, 0.2) is 22.7 Å². The number of amides is 1. The van der Waals surface area contributed by atoms with E-state index in [2.05, 4.69) is 15.9 Å². The normalized spacial score (nSPS) is 13.1. The van der Waals surface area contributed by atoms with Crippen molar-refractivity contribution in [3.63, 3.8) is 0 Å². The summed E-state index contributed by atoms with van der Waals surface area (Å²) in [5, 5.41) is 9.90. The number of nitrogens with zero attached hydrogens (tertiary/aromatic N) is 1. The molecule has 0 aromatic heterocycles. The third kappa shape index (κ3) is 4.35. The Balaban J connectivity index is 3.03. The second-order valence-electron chi connectivity index (χ2n) is 5.57. The molecule has 1 N–H and O–H groups in total. The predicted molar refractivity (Wildman–Crippen MR) is 82.2 cm³/mol. The van der Waals surface area contributed by atoms with Gasteiger partial charge in [0, 0.05) is 15.0 Å². The van der Waals surface area contributed by atoms with Gasteiger partial charge < -0.3 is 5.11 Å². The number of rotatable bonds is 4. The van der Waals surface area contributed by atoms with Crippen molar-refractivity contribution < 1.29 is 14.3 Å². The van der Waals surface area contributed by atoms with Gasteiger partial charge in [0.15, 0.2) is 0 Å². The molecule has 0 aliphatic heterocycles. The first-order valence-electron chi connectivity index (χ1n) is 6.19. The van der Waals surface area contributed by atoms with E-state index in [1.165, 1.54) is 0 Å². The van der Waals surface area contributed by atoms with Crippen LogP contribution in [-0.2, 0) is 6.42 Å². The number of carboxylic acid groups (broad SMARTS) is 1. The molecule has 0 fully saturated rings. The van der Waals surface area contributed by atoms with Crippen LogP contribution in [0.5, 0.6) is 0 Å². The standard InChI is InChI=1S/C14H18BrClFNO2/c1-14(2,3)18(13(19)20)11(8-17)6-9-4-5-10(16)7-12(9)15/h4-5,7,11H,6,8H2,1-3H3,(H,19,20). The molecule has 20 heavy (non-hydrogen) atoms. The first kappa shape index (κ1) is 17.2. The highest BCUT2D eigenvalue weighted by molar-refractivity contribution is 9.10. The Morgan fingerprint density at radius 2 is 2.10 bits per heavy atom. The van der Waals surface area contributed by atoms with Crippen molar-refractivity contribution in [3.8, 4) is 0 Å². The van der Waals surface area contributed by atoms with Crippen molar-refractivity contribution in [2.75, 3.05) is 6.67 Å². The average Bonchev–Trinajstić information content (AvgIpc) is 2.29. The smallest absolute Gasteiger partial charge is 0.408 e. The first-order chi connectivity index (χ1) is 9.16. The van der Waals surface area contributed by atoms with Gasteiger partial charge in [0.2, 0.25) is 0 Å². The fraction of sp³-hybridized carbons (Fsp3) is 0.500. The van der Waals surface area contributed by atoms with E-state index in [1.54, 1.807) is 39.0 Å². The quantitative estimate of drug-likeness (QED) is 0.834. The molecule has 0 spiro atoms. The van der Waals surface area contributed by atoms with Gasteiger partial charge in [-0.25, -0.2) is 9.18 Å². The largest absolute Gasteiger partial charge is 0.465 e. The molecule has 3 nitrogen and oxygen atoms in total. The molecule has 1 atom stereocenters. The molecule has 0 saturated heterocycles. The maximum Gasteiger partial charge on any atom is 0.408 e. The number of halogens is 3. The van der Waals surface area contributed by atoms with Gasteiger partial charge in [-0.3, -0.25) is 4.90 Å². The van der Waals surface area contributed by atoms with Gasteiger partial charge in [-0.15, -0.1) is 0 Å². The zero-order valence-corrected chi connectivity index (χ0v) is 14.0. The second kappa shape index (κ2) is 6.76. The number of carbonyl (C=O) groups is 1. The lowest BCUT2D eigenvalue weighted by atomic mass is 9.99. The van der Waals surface area contributed by atoms with Crippen LogP contribution in [0, 0.1) is 0 Å². The number of benzene rings is 1. The van der Waals surface area contributed by atoms with Gasteiger partial charge >= 0.3 is 6.09 Å². The average molecular weight is 367 g/mol. The van der Waals surface area contributed by atoms with Crippen LogP contribution in [0.25, 0.3) is 0 Å². The Hall–Kier alpha value is -0.810. The van der Waals surface area contributed by atoms with Crippen LogP contribution >= 0.6 is 27.5 Å². The molecular weight excluding hydrogens is 349 g/mol. The summed E-state index contributed by atoms with van der Waals surface area (Å²) in [5.74, 6) is 0. The Labute approximate surface area is 131 Å². The molecule has 0 saturated carbocycles. The van der Waals surface area contributed by atoms with Crippen LogP contribution in [0.4, 0.5) is 9.18 Å². The lowest BCUT2D eigenvalue weighted by molar-refractivity contribution is 0.0607. The minimum absolute atomic E-state index is 0.290. The Morgan fingerprint density at radius 3 is 2.50 bits per heavy atom. The minimum atomic E-state index is -1.12. The van der Waals surface area contributed by atoms with Crippen LogP contribution in [0.2, 0.25) is 5.02 Å². The summed E-state index contributed by atoms with van der Waals surface area (Å²) in [6.45, 7) is 4.51. The van der Waals surface area contributed by atoms with Crippen LogP contribution in [0.1, 0.15) is 26.3 Å². The molecule has 1 unspecified atom stereocenters. The van der Waals surface area contributed by atoms with Crippen LogP contribution in [-0.4, -0.2) is 34.4 Å². The van der Waals surface area contributed by atoms with E-state index in [0.29, 0.717) is 5.02 Å². The molecule has 6 heteroatoms. The van der Waals surface area contributed by atoms with Gasteiger partial charge in [-0.2, -0.15) is 0 Å². The lowest BCUT2D eigenvalue weighted by Crippen LogP contribution is -2.52. The van der Waals surface area contributed by atoms with Crippen LogP contribution in [0.3, 0.4) is 0 Å². The lowest BCUT2D eigenvalue weighted by Gasteiger charge is -2.38. The molecule has 0 aliphatic carbocycles. The van der Waals surface area contributed by atoms with Gasteiger partial charge in [-0.05, 0) is 44.9 Å². The van der Waals surface area contributed by atoms with Gasteiger partial charge in [0.1, 0.15) is 6.67 Å². The van der Waals surface area contributed by atoms with Crippen molar-refractivity contribution in [1.82, 2.24) is 4.90 Å². The van der Waals surface area contributed by atoms with Crippen molar-refractivity contribution in [2.45, 2.75) is 38.8 Å². The van der Waals surface area contributed by atoms with Crippen molar-refractivity contribution in [2.24, 2.45) is 0 Å². The molecular formula is C14H18BrClFNO2. The maximum atomic E-state index is 13.3. The van der Waals surface area contributed by atoms with Crippen molar-refractivity contribution >= 4 is 33.6 Å². The number of alkyl halides is 1. The van der Waals surface area contributed by atoms with Crippen molar-refractivity contribution in [1.29, 1.82) is 0 Å². The summed E-state index contributed by atoms with van der Waals surface area (Å²) in [6.07, 6.45) is -0.831. The summed E-state index contributed by atoms with van der Waals surface area (Å²) in [7, 11) is 0. The molecule has 1 aromatic rings. The summed E-state index contributed by atoms with van der Waals surface area (Å²) in [4.78, 5) is 12.6. The van der Waals surface area contributed by atoms with Crippen LogP contribution < -0.4 is 0 Å². The topological polar surface area (TPSA) is 40.5 Å². The van der Waals surface area contributed by atoms with E-state index in [4.69, 9.17) is 11.6 Å². The predicted octanol–water partition coefficient (Wildman–Crippen LogP) is 4.76. The molecule has 0 radical (unpaired) electrons. The summed E-state index contributed by atoms with van der Waals surface area (Å²) in [5.41, 5.74) is 0.161. The minimum Gasteiger partial charge on any atom is -0.465 e. The molecule has 1 aromatic carbocycles. The highest BCUT2D eigenvalue weighted by Crippen LogP contribution is 2.26. The fourth-order valence-corrected chi connectivity index (χ4v) is 2.99.